The minimum absolute atomic E-state index is 0.0932. The maximum Gasteiger partial charge on any atom is 0.251 e. The molecule has 5 nitrogen and oxygen atoms in total. The number of rotatable bonds is 4. The lowest BCUT2D eigenvalue weighted by atomic mass is 10.3. The lowest BCUT2D eigenvalue weighted by Gasteiger charge is -2.03. The summed E-state index contributed by atoms with van der Waals surface area (Å²) in [5.41, 5.74) is 1.82. The summed E-state index contributed by atoms with van der Waals surface area (Å²) in [5, 5.41) is 4.75. The van der Waals surface area contributed by atoms with Gasteiger partial charge in [-0.1, -0.05) is 18.7 Å². The molecule has 1 N–H and O–H groups in total. The van der Waals surface area contributed by atoms with Crippen LogP contribution >= 0.6 is 11.8 Å². The second kappa shape index (κ2) is 5.18. The molecule has 0 aliphatic rings. The van der Waals surface area contributed by atoms with Crippen LogP contribution in [0.2, 0.25) is 0 Å². The van der Waals surface area contributed by atoms with Crippen LogP contribution in [0.25, 0.3) is 0 Å². The number of aryl methyl sites for hydroxylation is 2. The van der Waals surface area contributed by atoms with Gasteiger partial charge in [0.2, 0.25) is 0 Å². The quantitative estimate of drug-likeness (QED) is 0.657. The van der Waals surface area contributed by atoms with Gasteiger partial charge in [-0.3, -0.25) is 9.48 Å². The van der Waals surface area contributed by atoms with E-state index in [0.29, 0.717) is 5.16 Å². The van der Waals surface area contributed by atoms with Crippen molar-refractivity contribution in [2.24, 2.45) is 7.05 Å². The molecule has 2 aromatic rings. The lowest BCUT2D eigenvalue weighted by molar-refractivity contribution is 0.735. The van der Waals surface area contributed by atoms with Crippen molar-refractivity contribution >= 4 is 11.8 Å². The Balaban J connectivity index is 2.11. The van der Waals surface area contributed by atoms with Gasteiger partial charge in [0.1, 0.15) is 0 Å². The molecule has 0 spiro atoms. The van der Waals surface area contributed by atoms with Gasteiger partial charge in [-0.05, 0) is 12.5 Å². The zero-order chi connectivity index (χ0) is 12.3. The Hall–Kier alpha value is -1.56. The molecule has 0 saturated carbocycles. The first-order valence-corrected chi connectivity index (χ1v) is 6.37. The highest BCUT2D eigenvalue weighted by molar-refractivity contribution is 7.98. The number of aromatic amines is 1. The van der Waals surface area contributed by atoms with E-state index in [0.717, 1.165) is 23.6 Å². The second-order valence-electron chi connectivity index (χ2n) is 3.63. The van der Waals surface area contributed by atoms with Crippen LogP contribution in [0, 0.1) is 0 Å². The van der Waals surface area contributed by atoms with Crippen molar-refractivity contribution in [3.05, 3.63) is 40.1 Å². The van der Waals surface area contributed by atoms with Crippen molar-refractivity contribution in [2.75, 3.05) is 0 Å². The average molecular weight is 250 g/mol. The molecule has 0 unspecified atom stereocenters. The first kappa shape index (κ1) is 11.9. The van der Waals surface area contributed by atoms with Crippen LogP contribution in [0.5, 0.6) is 0 Å². The fourth-order valence-electron chi connectivity index (χ4n) is 1.42. The number of thioether (sulfide) groups is 1. The normalized spacial score (nSPS) is 10.7. The Morgan fingerprint density at radius 1 is 1.53 bits per heavy atom. The summed E-state index contributed by atoms with van der Waals surface area (Å²) in [5.74, 6) is 0.743. The fraction of sp³-hybridized carbons (Fsp3) is 0.364. The third-order valence-corrected chi connectivity index (χ3v) is 3.32. The Morgan fingerprint density at radius 2 is 2.35 bits per heavy atom. The van der Waals surface area contributed by atoms with E-state index in [1.165, 1.54) is 17.8 Å². The Labute approximate surface area is 103 Å². The monoisotopic (exact) mass is 250 g/mol. The van der Waals surface area contributed by atoms with E-state index < -0.39 is 0 Å². The van der Waals surface area contributed by atoms with Crippen LogP contribution in [0.4, 0.5) is 0 Å². The standard InChI is InChI=1S/C11H14N4OS/c1-3-8-6-10(16)14-11(13-8)17-7-9-4-5-12-15(9)2/h4-6H,3,7H2,1-2H3,(H,13,14,16). The largest absolute Gasteiger partial charge is 0.301 e. The van der Waals surface area contributed by atoms with Crippen LogP contribution in [-0.2, 0) is 19.2 Å². The van der Waals surface area contributed by atoms with Crippen molar-refractivity contribution < 1.29 is 0 Å². The topological polar surface area (TPSA) is 63.6 Å². The maximum absolute atomic E-state index is 11.4. The van der Waals surface area contributed by atoms with Crippen LogP contribution < -0.4 is 5.56 Å². The van der Waals surface area contributed by atoms with Gasteiger partial charge in [-0.15, -0.1) is 0 Å². The molecule has 90 valence electrons. The lowest BCUT2D eigenvalue weighted by Crippen LogP contribution is -2.09. The van der Waals surface area contributed by atoms with Crippen LogP contribution in [-0.4, -0.2) is 19.7 Å². The van der Waals surface area contributed by atoms with Crippen molar-refractivity contribution in [1.29, 1.82) is 0 Å². The highest BCUT2D eigenvalue weighted by Gasteiger charge is 2.03. The molecule has 0 aliphatic carbocycles. The number of nitrogens with zero attached hydrogens (tertiary/aromatic N) is 3. The van der Waals surface area contributed by atoms with Crippen LogP contribution in [0.1, 0.15) is 18.3 Å². The van der Waals surface area contributed by atoms with E-state index in [-0.39, 0.29) is 5.56 Å². The molecular weight excluding hydrogens is 236 g/mol. The SMILES string of the molecule is CCc1cc(=O)[nH]c(SCc2ccnn2C)n1. The Kier molecular flexibility index (Phi) is 3.63. The van der Waals surface area contributed by atoms with E-state index in [1.807, 2.05) is 24.7 Å². The number of aromatic nitrogens is 4. The smallest absolute Gasteiger partial charge is 0.251 e. The van der Waals surface area contributed by atoms with Gasteiger partial charge < -0.3 is 4.98 Å². The Morgan fingerprint density at radius 3 is 3.00 bits per heavy atom. The van der Waals surface area contributed by atoms with E-state index in [4.69, 9.17) is 0 Å². The van der Waals surface area contributed by atoms with Crippen molar-refractivity contribution in [2.45, 2.75) is 24.3 Å². The molecule has 0 atom stereocenters. The number of hydrogen-bond acceptors (Lipinski definition) is 4. The first-order chi connectivity index (χ1) is 8.19. The van der Waals surface area contributed by atoms with Gasteiger partial charge in [0, 0.05) is 36.5 Å². The molecule has 2 aromatic heterocycles. The van der Waals surface area contributed by atoms with Crippen LogP contribution in [0.3, 0.4) is 0 Å². The summed E-state index contributed by atoms with van der Waals surface area (Å²) < 4.78 is 1.81. The van der Waals surface area contributed by atoms with Gasteiger partial charge in [0.25, 0.3) is 5.56 Å². The number of nitrogens with one attached hydrogen (secondary N) is 1. The van der Waals surface area contributed by atoms with Gasteiger partial charge in [-0.2, -0.15) is 5.10 Å². The van der Waals surface area contributed by atoms with E-state index in [9.17, 15) is 4.79 Å². The third kappa shape index (κ3) is 2.97. The zero-order valence-electron chi connectivity index (χ0n) is 9.80. The van der Waals surface area contributed by atoms with E-state index >= 15 is 0 Å². The molecule has 2 rings (SSSR count). The predicted molar refractivity (Wildman–Crippen MR) is 67.0 cm³/mol. The van der Waals surface area contributed by atoms with Crippen molar-refractivity contribution in [1.82, 2.24) is 19.7 Å². The molecule has 0 amide bonds. The average Bonchev–Trinajstić information content (AvgIpc) is 2.71. The van der Waals surface area contributed by atoms with E-state index in [2.05, 4.69) is 15.1 Å². The van der Waals surface area contributed by atoms with Gasteiger partial charge in [-0.25, -0.2) is 4.98 Å². The summed E-state index contributed by atoms with van der Waals surface area (Å²) in [6.07, 6.45) is 2.53. The van der Waals surface area contributed by atoms with Gasteiger partial charge in [0.15, 0.2) is 5.16 Å². The summed E-state index contributed by atoms with van der Waals surface area (Å²) in [4.78, 5) is 18.5. The molecule has 0 aromatic carbocycles. The molecule has 6 heteroatoms. The van der Waals surface area contributed by atoms with Crippen molar-refractivity contribution in [3.8, 4) is 0 Å². The maximum atomic E-state index is 11.4. The molecule has 0 radical (unpaired) electrons. The number of hydrogen-bond donors (Lipinski definition) is 1. The zero-order valence-corrected chi connectivity index (χ0v) is 10.6. The molecule has 17 heavy (non-hydrogen) atoms. The Bertz CT molecular complexity index is 561. The van der Waals surface area contributed by atoms with Gasteiger partial charge in [0.05, 0.1) is 0 Å². The third-order valence-electron chi connectivity index (χ3n) is 2.41. The second-order valence-corrected chi connectivity index (χ2v) is 4.59. The predicted octanol–water partition coefficient (Wildman–Crippen LogP) is 1.36. The molecular formula is C11H14N4OS. The summed E-state index contributed by atoms with van der Waals surface area (Å²) in [6.45, 7) is 1.98. The molecule has 0 aliphatic heterocycles. The number of H-pyrrole nitrogens is 1. The summed E-state index contributed by atoms with van der Waals surface area (Å²) in [7, 11) is 1.90. The fourth-order valence-corrected chi connectivity index (χ4v) is 2.34. The first-order valence-electron chi connectivity index (χ1n) is 5.39. The highest BCUT2D eigenvalue weighted by Crippen LogP contribution is 2.17. The van der Waals surface area contributed by atoms with Crippen molar-refractivity contribution in [3.63, 3.8) is 0 Å². The van der Waals surface area contributed by atoms with E-state index in [1.54, 1.807) is 6.20 Å². The molecule has 0 saturated heterocycles. The summed E-state index contributed by atoms with van der Waals surface area (Å²) in [6, 6.07) is 3.49. The van der Waals surface area contributed by atoms with Crippen LogP contribution in [0.15, 0.2) is 28.3 Å². The molecule has 2 heterocycles. The minimum Gasteiger partial charge on any atom is -0.301 e. The minimum atomic E-state index is -0.0932. The summed E-state index contributed by atoms with van der Waals surface area (Å²) >= 11 is 1.51. The highest BCUT2D eigenvalue weighted by atomic mass is 32.2. The van der Waals surface area contributed by atoms with Gasteiger partial charge >= 0.3 is 0 Å². The molecule has 0 bridgehead atoms. The molecule has 0 fully saturated rings.